The van der Waals surface area contributed by atoms with E-state index in [1.54, 1.807) is 19.1 Å². The zero-order valence-electron chi connectivity index (χ0n) is 10.7. The van der Waals surface area contributed by atoms with Crippen molar-refractivity contribution in [2.45, 2.75) is 20.3 Å². The van der Waals surface area contributed by atoms with Gasteiger partial charge in [-0.1, -0.05) is 11.2 Å². The zero-order chi connectivity index (χ0) is 13.8. The summed E-state index contributed by atoms with van der Waals surface area (Å²) in [6.45, 7) is 4.11. The SMILES string of the molecule is Cc1ccc([N+](=O)[O-])c(NCCc2noc(C)n2)c1. The van der Waals surface area contributed by atoms with Gasteiger partial charge in [-0.2, -0.15) is 4.98 Å². The van der Waals surface area contributed by atoms with E-state index in [9.17, 15) is 10.1 Å². The summed E-state index contributed by atoms with van der Waals surface area (Å²) in [5.74, 6) is 1.09. The average Bonchev–Trinajstić information content (AvgIpc) is 2.75. The van der Waals surface area contributed by atoms with Gasteiger partial charge in [0, 0.05) is 26.0 Å². The standard InChI is InChI=1S/C12H14N4O3/c1-8-3-4-11(16(17)18)10(7-8)13-6-5-12-14-9(2)19-15-12/h3-4,7,13H,5-6H2,1-2H3. The molecule has 0 saturated heterocycles. The summed E-state index contributed by atoms with van der Waals surface area (Å²) in [6, 6.07) is 4.96. The number of hydrogen-bond acceptors (Lipinski definition) is 6. The molecule has 0 saturated carbocycles. The molecule has 2 aromatic rings. The molecule has 7 nitrogen and oxygen atoms in total. The van der Waals surface area contributed by atoms with Crippen LogP contribution >= 0.6 is 0 Å². The van der Waals surface area contributed by atoms with E-state index < -0.39 is 4.92 Å². The number of nitrogens with zero attached hydrogens (tertiary/aromatic N) is 3. The van der Waals surface area contributed by atoms with Crippen LogP contribution in [0.1, 0.15) is 17.3 Å². The van der Waals surface area contributed by atoms with Crippen molar-refractivity contribution in [3.05, 3.63) is 45.6 Å². The molecular weight excluding hydrogens is 248 g/mol. The minimum atomic E-state index is -0.403. The number of aromatic nitrogens is 2. The van der Waals surface area contributed by atoms with Crippen LogP contribution in [0.5, 0.6) is 0 Å². The van der Waals surface area contributed by atoms with Crippen LogP contribution in [-0.2, 0) is 6.42 Å². The highest BCUT2D eigenvalue weighted by atomic mass is 16.6. The summed E-state index contributed by atoms with van der Waals surface area (Å²) in [6.07, 6.45) is 0.544. The Balaban J connectivity index is 2.02. The quantitative estimate of drug-likeness (QED) is 0.656. The maximum atomic E-state index is 10.9. The molecule has 7 heteroatoms. The summed E-state index contributed by atoms with van der Waals surface area (Å²) in [4.78, 5) is 14.6. The summed E-state index contributed by atoms with van der Waals surface area (Å²) in [5, 5.41) is 17.7. The van der Waals surface area contributed by atoms with Crippen LogP contribution < -0.4 is 5.32 Å². The summed E-state index contributed by atoms with van der Waals surface area (Å²) in [7, 11) is 0. The smallest absolute Gasteiger partial charge is 0.292 e. The van der Waals surface area contributed by atoms with Crippen molar-refractivity contribution in [3.63, 3.8) is 0 Å². The van der Waals surface area contributed by atoms with E-state index in [1.165, 1.54) is 6.07 Å². The van der Waals surface area contributed by atoms with E-state index in [-0.39, 0.29) is 5.69 Å². The molecular formula is C12H14N4O3. The van der Waals surface area contributed by atoms with Crippen LogP contribution in [0.25, 0.3) is 0 Å². The monoisotopic (exact) mass is 262 g/mol. The van der Waals surface area contributed by atoms with Gasteiger partial charge in [0.25, 0.3) is 5.69 Å². The number of aryl methyl sites for hydroxylation is 2. The zero-order valence-corrected chi connectivity index (χ0v) is 10.7. The topological polar surface area (TPSA) is 94.1 Å². The molecule has 0 aliphatic rings. The molecule has 0 aliphatic heterocycles. The lowest BCUT2D eigenvalue weighted by Crippen LogP contribution is -2.08. The van der Waals surface area contributed by atoms with Crippen molar-refractivity contribution >= 4 is 11.4 Å². The van der Waals surface area contributed by atoms with Gasteiger partial charge in [0.1, 0.15) is 5.69 Å². The first-order chi connectivity index (χ1) is 9.06. The van der Waals surface area contributed by atoms with Crippen LogP contribution in [-0.4, -0.2) is 21.6 Å². The molecule has 0 atom stereocenters. The first-order valence-electron chi connectivity index (χ1n) is 5.84. The third-order valence-corrected chi connectivity index (χ3v) is 2.58. The van der Waals surface area contributed by atoms with Crippen LogP contribution in [0, 0.1) is 24.0 Å². The Labute approximate surface area is 109 Å². The predicted molar refractivity (Wildman–Crippen MR) is 69.1 cm³/mol. The summed E-state index contributed by atoms with van der Waals surface area (Å²) >= 11 is 0. The second kappa shape index (κ2) is 5.47. The molecule has 1 aromatic heterocycles. The number of rotatable bonds is 5. The Morgan fingerprint density at radius 2 is 2.21 bits per heavy atom. The number of hydrogen-bond donors (Lipinski definition) is 1. The van der Waals surface area contributed by atoms with Crippen molar-refractivity contribution < 1.29 is 9.45 Å². The molecule has 0 amide bonds. The van der Waals surface area contributed by atoms with Crippen molar-refractivity contribution in [2.75, 3.05) is 11.9 Å². The number of nitro groups is 1. The molecule has 0 bridgehead atoms. The van der Waals surface area contributed by atoms with Crippen molar-refractivity contribution in [1.29, 1.82) is 0 Å². The molecule has 100 valence electrons. The highest BCUT2D eigenvalue weighted by Crippen LogP contribution is 2.24. The third kappa shape index (κ3) is 3.27. The van der Waals surface area contributed by atoms with Crippen LogP contribution in [0.4, 0.5) is 11.4 Å². The molecule has 19 heavy (non-hydrogen) atoms. The first-order valence-corrected chi connectivity index (χ1v) is 5.84. The fraction of sp³-hybridized carbons (Fsp3) is 0.333. The maximum absolute atomic E-state index is 10.9. The molecule has 2 rings (SSSR count). The van der Waals surface area contributed by atoms with Gasteiger partial charge in [0.2, 0.25) is 5.89 Å². The summed E-state index contributed by atoms with van der Waals surface area (Å²) < 4.78 is 4.85. The van der Waals surface area contributed by atoms with E-state index in [0.717, 1.165) is 5.56 Å². The van der Waals surface area contributed by atoms with Crippen LogP contribution in [0.15, 0.2) is 22.7 Å². The van der Waals surface area contributed by atoms with E-state index in [1.807, 2.05) is 6.92 Å². The van der Waals surface area contributed by atoms with Gasteiger partial charge < -0.3 is 9.84 Å². The molecule has 0 unspecified atom stereocenters. The van der Waals surface area contributed by atoms with Gasteiger partial charge in [-0.25, -0.2) is 0 Å². The average molecular weight is 262 g/mol. The van der Waals surface area contributed by atoms with Gasteiger partial charge in [-0.05, 0) is 18.6 Å². The van der Waals surface area contributed by atoms with Gasteiger partial charge in [-0.3, -0.25) is 10.1 Å². The number of benzene rings is 1. The third-order valence-electron chi connectivity index (χ3n) is 2.58. The minimum absolute atomic E-state index is 0.0647. The number of anilines is 1. The van der Waals surface area contributed by atoms with Gasteiger partial charge in [-0.15, -0.1) is 0 Å². The van der Waals surface area contributed by atoms with E-state index >= 15 is 0 Å². The molecule has 0 spiro atoms. The first kappa shape index (κ1) is 13.0. The lowest BCUT2D eigenvalue weighted by Gasteiger charge is -2.06. The fourth-order valence-electron chi connectivity index (χ4n) is 1.70. The maximum Gasteiger partial charge on any atom is 0.292 e. The Morgan fingerprint density at radius 3 is 2.84 bits per heavy atom. The molecule has 1 N–H and O–H groups in total. The predicted octanol–water partition coefficient (Wildman–Crippen LogP) is 2.25. The second-order valence-corrected chi connectivity index (χ2v) is 4.18. The molecule has 1 heterocycles. The molecule has 0 aliphatic carbocycles. The lowest BCUT2D eigenvalue weighted by atomic mass is 10.2. The van der Waals surface area contributed by atoms with Crippen molar-refractivity contribution in [2.24, 2.45) is 0 Å². The van der Waals surface area contributed by atoms with Gasteiger partial charge >= 0.3 is 0 Å². The Morgan fingerprint density at radius 1 is 1.42 bits per heavy atom. The van der Waals surface area contributed by atoms with E-state index in [0.29, 0.717) is 30.4 Å². The van der Waals surface area contributed by atoms with Crippen LogP contribution in [0.3, 0.4) is 0 Å². The Hall–Kier alpha value is -2.44. The summed E-state index contributed by atoms with van der Waals surface area (Å²) in [5.41, 5.74) is 1.53. The van der Waals surface area contributed by atoms with Crippen molar-refractivity contribution in [1.82, 2.24) is 10.1 Å². The number of nitrogens with one attached hydrogen (secondary N) is 1. The van der Waals surface area contributed by atoms with E-state index in [2.05, 4.69) is 15.5 Å². The molecule has 0 fully saturated rings. The van der Waals surface area contributed by atoms with Crippen molar-refractivity contribution in [3.8, 4) is 0 Å². The normalized spacial score (nSPS) is 10.4. The van der Waals surface area contributed by atoms with Gasteiger partial charge in [0.15, 0.2) is 5.82 Å². The largest absolute Gasteiger partial charge is 0.379 e. The molecule has 0 radical (unpaired) electrons. The van der Waals surface area contributed by atoms with E-state index in [4.69, 9.17) is 4.52 Å². The Kier molecular flexibility index (Phi) is 3.74. The minimum Gasteiger partial charge on any atom is -0.379 e. The Bertz CT molecular complexity index is 594. The lowest BCUT2D eigenvalue weighted by molar-refractivity contribution is -0.384. The van der Waals surface area contributed by atoms with Crippen LogP contribution in [0.2, 0.25) is 0 Å². The highest BCUT2D eigenvalue weighted by molar-refractivity contribution is 5.62. The van der Waals surface area contributed by atoms with Gasteiger partial charge in [0.05, 0.1) is 4.92 Å². The second-order valence-electron chi connectivity index (χ2n) is 4.18. The number of nitro benzene ring substituents is 1. The highest BCUT2D eigenvalue weighted by Gasteiger charge is 2.13. The molecule has 1 aromatic carbocycles. The fourth-order valence-corrected chi connectivity index (χ4v) is 1.70.